The van der Waals surface area contributed by atoms with Gasteiger partial charge in [0.2, 0.25) is 0 Å². The smallest absolute Gasteiger partial charge is 0.124 e. The Labute approximate surface area is 137 Å². The molecule has 0 spiro atoms. The normalized spacial score (nSPS) is 18.5. The first-order valence-corrected chi connectivity index (χ1v) is 8.79. The van der Waals surface area contributed by atoms with Gasteiger partial charge in [-0.3, -0.25) is 0 Å². The molecule has 2 atom stereocenters. The Bertz CT molecular complexity index is 626. The third kappa shape index (κ3) is 3.33. The van der Waals surface area contributed by atoms with Gasteiger partial charge in [-0.25, -0.2) is 4.39 Å². The SMILES string of the molecule is CNC(Cc1cc(F)cc(Br)c1)C1CSc2ccccc21. The van der Waals surface area contributed by atoms with Crippen LogP contribution in [0.3, 0.4) is 0 Å². The van der Waals surface area contributed by atoms with Crippen LogP contribution in [0.5, 0.6) is 0 Å². The largest absolute Gasteiger partial charge is 0.316 e. The number of thioether (sulfide) groups is 1. The molecule has 0 aliphatic carbocycles. The molecule has 1 nitrogen and oxygen atoms in total. The number of fused-ring (bicyclic) bond motifs is 1. The van der Waals surface area contributed by atoms with Crippen LogP contribution in [0, 0.1) is 5.82 Å². The van der Waals surface area contributed by atoms with E-state index < -0.39 is 0 Å². The number of hydrogen-bond donors (Lipinski definition) is 1. The number of benzene rings is 2. The summed E-state index contributed by atoms with van der Waals surface area (Å²) in [4.78, 5) is 1.38. The first-order chi connectivity index (χ1) is 10.2. The Morgan fingerprint density at radius 2 is 2.14 bits per heavy atom. The van der Waals surface area contributed by atoms with E-state index >= 15 is 0 Å². The van der Waals surface area contributed by atoms with E-state index in [2.05, 4.69) is 45.5 Å². The molecule has 110 valence electrons. The second-order valence-electron chi connectivity index (χ2n) is 5.33. The highest BCUT2D eigenvalue weighted by Gasteiger charge is 2.29. The van der Waals surface area contributed by atoms with Crippen molar-refractivity contribution in [1.29, 1.82) is 0 Å². The van der Waals surface area contributed by atoms with Crippen molar-refractivity contribution in [2.24, 2.45) is 0 Å². The topological polar surface area (TPSA) is 12.0 Å². The van der Waals surface area contributed by atoms with Crippen LogP contribution in [-0.4, -0.2) is 18.8 Å². The Hall–Kier alpha value is -0.840. The summed E-state index contributed by atoms with van der Waals surface area (Å²) >= 11 is 5.28. The zero-order valence-electron chi connectivity index (χ0n) is 11.8. The average molecular weight is 366 g/mol. The molecule has 1 N–H and O–H groups in total. The van der Waals surface area contributed by atoms with Crippen molar-refractivity contribution in [2.45, 2.75) is 23.3 Å². The van der Waals surface area contributed by atoms with Gasteiger partial charge >= 0.3 is 0 Å². The summed E-state index contributed by atoms with van der Waals surface area (Å²) in [6.07, 6.45) is 0.826. The fourth-order valence-corrected chi connectivity index (χ4v) is 4.79. The van der Waals surface area contributed by atoms with Crippen molar-refractivity contribution in [3.63, 3.8) is 0 Å². The molecular formula is C17H17BrFNS. The molecule has 21 heavy (non-hydrogen) atoms. The van der Waals surface area contributed by atoms with Gasteiger partial charge in [-0.1, -0.05) is 34.1 Å². The molecule has 0 saturated heterocycles. The van der Waals surface area contributed by atoms with Crippen LogP contribution in [0.25, 0.3) is 0 Å². The minimum absolute atomic E-state index is 0.185. The van der Waals surface area contributed by atoms with Gasteiger partial charge in [-0.05, 0) is 48.9 Å². The van der Waals surface area contributed by atoms with Crippen LogP contribution in [0.1, 0.15) is 17.0 Å². The van der Waals surface area contributed by atoms with Gasteiger partial charge in [0.05, 0.1) is 0 Å². The molecule has 2 unspecified atom stereocenters. The van der Waals surface area contributed by atoms with Gasteiger partial charge < -0.3 is 5.32 Å². The third-order valence-electron chi connectivity index (χ3n) is 3.97. The van der Waals surface area contributed by atoms with Gasteiger partial charge in [-0.2, -0.15) is 0 Å². The van der Waals surface area contributed by atoms with Crippen molar-refractivity contribution in [1.82, 2.24) is 5.32 Å². The number of hydrogen-bond acceptors (Lipinski definition) is 2. The maximum atomic E-state index is 13.5. The molecule has 2 aromatic carbocycles. The minimum atomic E-state index is -0.185. The van der Waals surface area contributed by atoms with Crippen LogP contribution in [-0.2, 0) is 6.42 Å². The molecule has 4 heteroatoms. The summed E-state index contributed by atoms with van der Waals surface area (Å²) < 4.78 is 14.3. The molecule has 0 fully saturated rings. The molecule has 1 aliphatic heterocycles. The molecule has 0 aromatic heterocycles. The van der Waals surface area contributed by atoms with Gasteiger partial charge in [0.25, 0.3) is 0 Å². The lowest BCUT2D eigenvalue weighted by atomic mass is 9.89. The van der Waals surface area contributed by atoms with Crippen molar-refractivity contribution in [2.75, 3.05) is 12.8 Å². The monoisotopic (exact) mass is 365 g/mol. The van der Waals surface area contributed by atoms with E-state index in [1.54, 1.807) is 6.07 Å². The Kier molecular flexibility index (Phi) is 4.67. The number of halogens is 2. The highest BCUT2D eigenvalue weighted by atomic mass is 79.9. The zero-order chi connectivity index (χ0) is 14.8. The average Bonchev–Trinajstić information content (AvgIpc) is 2.87. The Morgan fingerprint density at radius 3 is 2.90 bits per heavy atom. The third-order valence-corrected chi connectivity index (χ3v) is 5.64. The van der Waals surface area contributed by atoms with Crippen LogP contribution in [0.2, 0.25) is 0 Å². The highest BCUT2D eigenvalue weighted by molar-refractivity contribution is 9.10. The summed E-state index contributed by atoms with van der Waals surface area (Å²) in [5.74, 6) is 1.37. The molecule has 0 amide bonds. The first-order valence-electron chi connectivity index (χ1n) is 7.01. The Balaban J connectivity index is 1.83. The molecule has 0 saturated carbocycles. The summed E-state index contributed by atoms with van der Waals surface area (Å²) in [7, 11) is 1.99. The second-order valence-corrected chi connectivity index (χ2v) is 7.31. The summed E-state index contributed by atoms with van der Waals surface area (Å²) in [6, 6.07) is 14.0. The van der Waals surface area contributed by atoms with Gasteiger partial charge in [0, 0.05) is 27.1 Å². The number of likely N-dealkylation sites (N-methyl/N-ethyl adjacent to an activating group) is 1. The quantitative estimate of drug-likeness (QED) is 0.848. The maximum Gasteiger partial charge on any atom is 0.124 e. The lowest BCUT2D eigenvalue weighted by Crippen LogP contribution is -2.34. The summed E-state index contributed by atoms with van der Waals surface area (Å²) in [6.45, 7) is 0. The molecule has 0 bridgehead atoms. The second kappa shape index (κ2) is 6.51. The fourth-order valence-electron chi connectivity index (χ4n) is 2.95. The number of nitrogens with one attached hydrogen (secondary N) is 1. The lowest BCUT2D eigenvalue weighted by molar-refractivity contribution is 0.487. The molecule has 1 aliphatic rings. The van der Waals surface area contributed by atoms with E-state index in [9.17, 15) is 4.39 Å². The number of rotatable bonds is 4. The van der Waals surface area contributed by atoms with E-state index in [0.717, 1.165) is 22.2 Å². The van der Waals surface area contributed by atoms with Crippen LogP contribution >= 0.6 is 27.7 Å². The predicted octanol–water partition coefficient (Wildman–Crippen LogP) is 4.61. The molecule has 1 heterocycles. The molecular weight excluding hydrogens is 349 g/mol. The van der Waals surface area contributed by atoms with Crippen molar-refractivity contribution >= 4 is 27.7 Å². The highest BCUT2D eigenvalue weighted by Crippen LogP contribution is 2.41. The molecule has 3 rings (SSSR count). The van der Waals surface area contributed by atoms with E-state index in [0.29, 0.717) is 12.0 Å². The van der Waals surface area contributed by atoms with Crippen molar-refractivity contribution in [3.05, 3.63) is 63.9 Å². The molecule has 0 radical (unpaired) electrons. The standard InChI is InChI=1S/C17H17BrFNS/c1-20-16(8-11-6-12(18)9-13(19)7-11)15-10-21-17-5-3-2-4-14(15)17/h2-7,9,15-16,20H,8,10H2,1H3. The van der Waals surface area contributed by atoms with Crippen LogP contribution in [0.15, 0.2) is 51.8 Å². The lowest BCUT2D eigenvalue weighted by Gasteiger charge is -2.24. The van der Waals surface area contributed by atoms with Crippen molar-refractivity contribution in [3.8, 4) is 0 Å². The summed E-state index contributed by atoms with van der Waals surface area (Å²) in [5.41, 5.74) is 2.44. The van der Waals surface area contributed by atoms with E-state index in [4.69, 9.17) is 0 Å². The minimum Gasteiger partial charge on any atom is -0.316 e. The van der Waals surface area contributed by atoms with Gasteiger partial charge in [0.1, 0.15) is 5.82 Å². The Morgan fingerprint density at radius 1 is 1.33 bits per heavy atom. The summed E-state index contributed by atoms with van der Waals surface area (Å²) in [5, 5.41) is 3.42. The van der Waals surface area contributed by atoms with Gasteiger partial charge in [0.15, 0.2) is 0 Å². The van der Waals surface area contributed by atoms with E-state index in [1.807, 2.05) is 24.9 Å². The van der Waals surface area contributed by atoms with Crippen LogP contribution in [0.4, 0.5) is 4.39 Å². The van der Waals surface area contributed by atoms with E-state index in [1.165, 1.54) is 16.5 Å². The van der Waals surface area contributed by atoms with E-state index in [-0.39, 0.29) is 5.82 Å². The van der Waals surface area contributed by atoms with Crippen molar-refractivity contribution < 1.29 is 4.39 Å². The molecule has 2 aromatic rings. The maximum absolute atomic E-state index is 13.5. The zero-order valence-corrected chi connectivity index (χ0v) is 14.2. The predicted molar refractivity (Wildman–Crippen MR) is 90.6 cm³/mol. The van der Waals surface area contributed by atoms with Crippen LogP contribution < -0.4 is 5.32 Å². The fraction of sp³-hybridized carbons (Fsp3) is 0.294. The van der Waals surface area contributed by atoms with Gasteiger partial charge in [-0.15, -0.1) is 11.8 Å². The first kappa shape index (κ1) is 15.1.